The number of aromatic nitrogens is 4. The van der Waals surface area contributed by atoms with Crippen molar-refractivity contribution < 1.29 is 9.90 Å². The van der Waals surface area contributed by atoms with Gasteiger partial charge in [0.05, 0.1) is 0 Å². The lowest BCUT2D eigenvalue weighted by atomic mass is 10.2. The lowest BCUT2D eigenvalue weighted by Crippen LogP contribution is -2.31. The zero-order chi connectivity index (χ0) is 8.97. The molecule has 3 N–H and O–H groups in total. The summed E-state index contributed by atoms with van der Waals surface area (Å²) >= 11 is 0. The summed E-state index contributed by atoms with van der Waals surface area (Å²) in [7, 11) is 0. The van der Waals surface area contributed by atoms with E-state index in [1.807, 2.05) is 0 Å². The average Bonchev–Trinajstić information content (AvgIpc) is 2.51. The van der Waals surface area contributed by atoms with E-state index in [-0.39, 0.29) is 0 Å². The van der Waals surface area contributed by atoms with Gasteiger partial charge in [0, 0.05) is 6.54 Å². The van der Waals surface area contributed by atoms with E-state index in [0.29, 0.717) is 13.0 Å². The summed E-state index contributed by atoms with van der Waals surface area (Å²) in [5.41, 5.74) is 5.25. The van der Waals surface area contributed by atoms with Gasteiger partial charge >= 0.3 is 5.97 Å². The molecule has 0 saturated carbocycles. The smallest absolute Gasteiger partial charge is 0.320 e. The third-order valence-electron chi connectivity index (χ3n) is 1.38. The molecule has 0 aliphatic carbocycles. The molecule has 0 spiro atoms. The molecule has 1 aromatic rings. The highest BCUT2D eigenvalue weighted by atomic mass is 16.4. The van der Waals surface area contributed by atoms with Crippen molar-refractivity contribution in [1.29, 1.82) is 0 Å². The van der Waals surface area contributed by atoms with Gasteiger partial charge in [-0.3, -0.25) is 4.79 Å². The highest BCUT2D eigenvalue weighted by Gasteiger charge is 2.10. The Kier molecular flexibility index (Phi) is 2.70. The largest absolute Gasteiger partial charge is 0.480 e. The molecule has 1 rings (SSSR count). The molecule has 0 radical (unpaired) electrons. The summed E-state index contributed by atoms with van der Waals surface area (Å²) in [6, 6.07) is -0.853. The normalized spacial score (nSPS) is 12.8. The topological polar surface area (TPSA) is 107 Å². The molecular formula is C5H9N5O2. The van der Waals surface area contributed by atoms with Gasteiger partial charge in [0.15, 0.2) is 0 Å². The standard InChI is InChI=1S/C5H9N5O2/c6-4(5(11)12)1-2-10-3-7-8-9-10/h3-4H,1-2,6H2,(H,11,12)/t4-/m0/s1. The maximum absolute atomic E-state index is 10.3. The van der Waals surface area contributed by atoms with E-state index >= 15 is 0 Å². The first kappa shape index (κ1) is 8.60. The van der Waals surface area contributed by atoms with Gasteiger partial charge in [0.25, 0.3) is 0 Å². The number of nitrogens with two attached hydrogens (primary N) is 1. The quantitative estimate of drug-likeness (QED) is 0.569. The van der Waals surface area contributed by atoms with Crippen LogP contribution in [0.5, 0.6) is 0 Å². The van der Waals surface area contributed by atoms with Crippen molar-refractivity contribution in [1.82, 2.24) is 20.2 Å². The Labute approximate surface area is 68.2 Å². The summed E-state index contributed by atoms with van der Waals surface area (Å²) in [6.07, 6.45) is 1.73. The molecule has 0 unspecified atom stereocenters. The second-order valence-corrected chi connectivity index (χ2v) is 2.31. The molecule has 0 fully saturated rings. The van der Waals surface area contributed by atoms with Crippen molar-refractivity contribution in [3.05, 3.63) is 6.33 Å². The Morgan fingerprint density at radius 3 is 3.00 bits per heavy atom. The number of aliphatic carboxylic acids is 1. The second kappa shape index (κ2) is 3.77. The first-order valence-electron chi connectivity index (χ1n) is 3.39. The Bertz CT molecular complexity index is 246. The maximum Gasteiger partial charge on any atom is 0.320 e. The van der Waals surface area contributed by atoms with Gasteiger partial charge in [-0.2, -0.15) is 0 Å². The van der Waals surface area contributed by atoms with Crippen LogP contribution in [0.3, 0.4) is 0 Å². The number of nitrogens with zero attached hydrogens (tertiary/aromatic N) is 4. The molecule has 66 valence electrons. The minimum Gasteiger partial charge on any atom is -0.480 e. The number of aryl methyl sites for hydroxylation is 1. The van der Waals surface area contributed by atoms with E-state index in [0.717, 1.165) is 0 Å². The predicted octanol–water partition coefficient (Wildman–Crippen LogP) is -1.52. The zero-order valence-corrected chi connectivity index (χ0v) is 6.29. The van der Waals surface area contributed by atoms with Crippen LogP contribution < -0.4 is 5.73 Å². The van der Waals surface area contributed by atoms with Gasteiger partial charge < -0.3 is 10.8 Å². The Morgan fingerprint density at radius 2 is 2.50 bits per heavy atom. The van der Waals surface area contributed by atoms with E-state index in [2.05, 4.69) is 15.5 Å². The van der Waals surface area contributed by atoms with Gasteiger partial charge in [0.1, 0.15) is 12.4 Å². The number of carboxylic acid groups (broad SMARTS) is 1. The van der Waals surface area contributed by atoms with Gasteiger partial charge in [-0.15, -0.1) is 5.10 Å². The van der Waals surface area contributed by atoms with Crippen molar-refractivity contribution in [3.8, 4) is 0 Å². The third-order valence-corrected chi connectivity index (χ3v) is 1.38. The van der Waals surface area contributed by atoms with Crippen LogP contribution in [-0.2, 0) is 11.3 Å². The van der Waals surface area contributed by atoms with Crippen molar-refractivity contribution in [2.75, 3.05) is 0 Å². The van der Waals surface area contributed by atoms with Crippen molar-refractivity contribution in [3.63, 3.8) is 0 Å². The van der Waals surface area contributed by atoms with Crippen molar-refractivity contribution in [2.45, 2.75) is 19.0 Å². The molecule has 0 saturated heterocycles. The van der Waals surface area contributed by atoms with Gasteiger partial charge in [0.2, 0.25) is 0 Å². The second-order valence-electron chi connectivity index (χ2n) is 2.31. The summed E-state index contributed by atoms with van der Waals surface area (Å²) in [4.78, 5) is 10.3. The maximum atomic E-state index is 10.3. The Balaban J connectivity index is 2.31. The van der Waals surface area contributed by atoms with Crippen LogP contribution in [0.15, 0.2) is 6.33 Å². The summed E-state index contributed by atoms with van der Waals surface area (Å²) in [5, 5.41) is 18.8. The molecule has 0 amide bonds. The van der Waals surface area contributed by atoms with E-state index in [1.165, 1.54) is 11.0 Å². The SMILES string of the molecule is N[C@@H](CCn1cnnn1)C(=O)O. The van der Waals surface area contributed by atoms with Crippen LogP contribution in [0.1, 0.15) is 6.42 Å². The highest BCUT2D eigenvalue weighted by Crippen LogP contribution is 1.91. The molecule has 0 aromatic carbocycles. The van der Waals surface area contributed by atoms with E-state index < -0.39 is 12.0 Å². The number of tetrazole rings is 1. The Morgan fingerprint density at radius 1 is 1.75 bits per heavy atom. The number of carbonyl (C=O) groups is 1. The molecule has 0 aliphatic heterocycles. The molecule has 7 heteroatoms. The molecular weight excluding hydrogens is 162 g/mol. The van der Waals surface area contributed by atoms with Gasteiger partial charge in [-0.25, -0.2) is 4.68 Å². The van der Waals surface area contributed by atoms with E-state index in [4.69, 9.17) is 10.8 Å². The number of rotatable bonds is 4. The van der Waals surface area contributed by atoms with Crippen LogP contribution in [0, 0.1) is 0 Å². The van der Waals surface area contributed by atoms with Gasteiger partial charge in [-0.05, 0) is 16.8 Å². The molecule has 0 aliphatic rings. The van der Waals surface area contributed by atoms with Crippen LogP contribution in [-0.4, -0.2) is 37.3 Å². The molecule has 1 atom stereocenters. The Hall–Kier alpha value is -1.50. The lowest BCUT2D eigenvalue weighted by Gasteiger charge is -2.03. The molecule has 1 heterocycles. The van der Waals surface area contributed by atoms with Crippen LogP contribution in [0.2, 0.25) is 0 Å². The molecule has 1 aromatic heterocycles. The van der Waals surface area contributed by atoms with Gasteiger partial charge in [-0.1, -0.05) is 0 Å². The summed E-state index contributed by atoms with van der Waals surface area (Å²) in [6.45, 7) is 0.417. The highest BCUT2D eigenvalue weighted by molar-refractivity contribution is 5.72. The number of hydrogen-bond donors (Lipinski definition) is 2. The fourth-order valence-electron chi connectivity index (χ4n) is 0.678. The van der Waals surface area contributed by atoms with Crippen LogP contribution >= 0.6 is 0 Å². The summed E-state index contributed by atoms with van der Waals surface area (Å²) < 4.78 is 1.43. The predicted molar refractivity (Wildman–Crippen MR) is 38.0 cm³/mol. The first-order valence-corrected chi connectivity index (χ1v) is 3.39. The van der Waals surface area contributed by atoms with E-state index in [9.17, 15) is 4.79 Å². The molecule has 7 nitrogen and oxygen atoms in total. The van der Waals surface area contributed by atoms with E-state index in [1.54, 1.807) is 0 Å². The molecule has 12 heavy (non-hydrogen) atoms. The number of hydrogen-bond acceptors (Lipinski definition) is 5. The van der Waals surface area contributed by atoms with Crippen molar-refractivity contribution in [2.24, 2.45) is 5.73 Å². The van der Waals surface area contributed by atoms with Crippen molar-refractivity contribution >= 4 is 5.97 Å². The van der Waals surface area contributed by atoms with Crippen LogP contribution in [0.25, 0.3) is 0 Å². The van der Waals surface area contributed by atoms with Crippen LogP contribution in [0.4, 0.5) is 0 Å². The minimum absolute atomic E-state index is 0.320. The average molecular weight is 171 g/mol. The number of carboxylic acids is 1. The lowest BCUT2D eigenvalue weighted by molar-refractivity contribution is -0.138. The minimum atomic E-state index is -1.01. The first-order chi connectivity index (χ1) is 5.70. The fourth-order valence-corrected chi connectivity index (χ4v) is 0.678. The fraction of sp³-hybridized carbons (Fsp3) is 0.600. The third kappa shape index (κ3) is 2.27. The summed E-state index contributed by atoms with van der Waals surface area (Å²) in [5.74, 6) is -1.01. The monoisotopic (exact) mass is 171 g/mol. The zero-order valence-electron chi connectivity index (χ0n) is 6.29. The molecule has 0 bridgehead atoms.